The first kappa shape index (κ1) is 15.7. The fourth-order valence-electron chi connectivity index (χ4n) is 3.52. The lowest BCUT2D eigenvalue weighted by Crippen LogP contribution is -2.33. The average Bonchev–Trinajstić information content (AvgIpc) is 3.30. The molecular weight excluding hydrogens is 314 g/mol. The van der Waals surface area contributed by atoms with Crippen molar-refractivity contribution in [2.24, 2.45) is 0 Å². The molecule has 4 atom stereocenters. The molecule has 0 bridgehead atoms. The lowest BCUT2D eigenvalue weighted by Gasteiger charge is -2.17. The molecule has 4 rings (SSSR count). The number of ether oxygens (including phenoxy) is 1. The first-order valence-corrected chi connectivity index (χ1v) is 8.25. The minimum atomic E-state index is -1.17. The maximum atomic E-state index is 10.2. The van der Waals surface area contributed by atoms with Gasteiger partial charge >= 0.3 is 0 Å². The number of nitrogens with zero attached hydrogens (tertiary/aromatic N) is 4. The Bertz CT molecular complexity index is 717. The van der Waals surface area contributed by atoms with Gasteiger partial charge in [-0.2, -0.15) is 0 Å². The summed E-state index contributed by atoms with van der Waals surface area (Å²) in [6.07, 6.45) is 3.60. The zero-order chi connectivity index (χ0) is 16.7. The summed E-state index contributed by atoms with van der Waals surface area (Å²) in [5.41, 5.74) is 1.11. The van der Waals surface area contributed by atoms with Gasteiger partial charge in [0.1, 0.15) is 24.6 Å². The SMILES string of the molecule is OC[C@H]1O[C@@H](n2cnc3c(NC4CCCC4)ncnc32)C(O)[C@H]1O. The normalized spacial score (nSPS) is 31.1. The monoisotopic (exact) mass is 335 g/mol. The Morgan fingerprint density at radius 3 is 2.67 bits per heavy atom. The Morgan fingerprint density at radius 1 is 1.17 bits per heavy atom. The van der Waals surface area contributed by atoms with Crippen molar-refractivity contribution < 1.29 is 20.1 Å². The van der Waals surface area contributed by atoms with E-state index in [2.05, 4.69) is 20.3 Å². The highest BCUT2D eigenvalue weighted by molar-refractivity contribution is 5.82. The second kappa shape index (κ2) is 6.25. The van der Waals surface area contributed by atoms with Crippen molar-refractivity contribution in [2.45, 2.75) is 56.3 Å². The van der Waals surface area contributed by atoms with Crippen LogP contribution in [0.4, 0.5) is 5.82 Å². The predicted molar refractivity (Wildman–Crippen MR) is 84.2 cm³/mol. The van der Waals surface area contributed by atoms with E-state index in [9.17, 15) is 15.3 Å². The predicted octanol–water partition coefficient (Wildman–Crippen LogP) is -0.208. The molecule has 0 amide bonds. The molecule has 2 aliphatic rings. The highest BCUT2D eigenvalue weighted by atomic mass is 16.6. The molecule has 2 aromatic rings. The zero-order valence-electron chi connectivity index (χ0n) is 13.1. The second-order valence-electron chi connectivity index (χ2n) is 6.40. The quantitative estimate of drug-likeness (QED) is 0.605. The molecule has 2 aromatic heterocycles. The summed E-state index contributed by atoms with van der Waals surface area (Å²) >= 11 is 0. The molecule has 0 aromatic carbocycles. The fourth-order valence-corrected chi connectivity index (χ4v) is 3.52. The molecule has 4 N–H and O–H groups in total. The van der Waals surface area contributed by atoms with Crippen LogP contribution in [-0.4, -0.2) is 65.8 Å². The van der Waals surface area contributed by atoms with Gasteiger partial charge in [-0.1, -0.05) is 12.8 Å². The summed E-state index contributed by atoms with van der Waals surface area (Å²) < 4.78 is 7.12. The molecule has 1 aliphatic heterocycles. The van der Waals surface area contributed by atoms with E-state index in [1.807, 2.05) is 0 Å². The standard InChI is InChI=1S/C15H21N5O4/c21-5-9-11(22)12(23)15(24-9)20-7-18-10-13(16-6-17-14(10)20)19-8-3-1-2-4-8/h6-9,11-12,15,21-23H,1-5H2,(H,16,17,19)/t9-,11+,12?,15-/m1/s1. The van der Waals surface area contributed by atoms with Crippen LogP contribution < -0.4 is 5.32 Å². The van der Waals surface area contributed by atoms with Crippen LogP contribution in [0, 0.1) is 0 Å². The van der Waals surface area contributed by atoms with E-state index in [4.69, 9.17) is 4.74 Å². The summed E-state index contributed by atoms with van der Waals surface area (Å²) in [6.45, 7) is -0.370. The molecule has 130 valence electrons. The largest absolute Gasteiger partial charge is 0.394 e. The third-order valence-corrected chi connectivity index (χ3v) is 4.85. The topological polar surface area (TPSA) is 126 Å². The van der Waals surface area contributed by atoms with Crippen LogP contribution in [0.3, 0.4) is 0 Å². The number of fused-ring (bicyclic) bond motifs is 1. The molecule has 24 heavy (non-hydrogen) atoms. The molecular formula is C15H21N5O4. The third-order valence-electron chi connectivity index (χ3n) is 4.85. The van der Waals surface area contributed by atoms with Crippen molar-refractivity contribution in [3.8, 4) is 0 Å². The molecule has 9 nitrogen and oxygen atoms in total. The number of imidazole rings is 1. The molecule has 1 saturated carbocycles. The maximum absolute atomic E-state index is 10.2. The number of hydrogen-bond acceptors (Lipinski definition) is 8. The number of nitrogens with one attached hydrogen (secondary N) is 1. The molecule has 1 saturated heterocycles. The van der Waals surface area contributed by atoms with Crippen LogP contribution in [0.5, 0.6) is 0 Å². The van der Waals surface area contributed by atoms with Crippen molar-refractivity contribution >= 4 is 17.0 Å². The van der Waals surface area contributed by atoms with Crippen molar-refractivity contribution in [1.82, 2.24) is 19.5 Å². The van der Waals surface area contributed by atoms with E-state index in [0.717, 1.165) is 12.8 Å². The fraction of sp³-hybridized carbons (Fsp3) is 0.667. The minimum Gasteiger partial charge on any atom is -0.394 e. The Labute approximate surface area is 138 Å². The molecule has 1 unspecified atom stereocenters. The van der Waals surface area contributed by atoms with Gasteiger partial charge in [0.15, 0.2) is 23.2 Å². The summed E-state index contributed by atoms with van der Waals surface area (Å²) in [7, 11) is 0. The Morgan fingerprint density at radius 2 is 1.96 bits per heavy atom. The zero-order valence-corrected chi connectivity index (χ0v) is 13.1. The number of anilines is 1. The molecule has 0 spiro atoms. The van der Waals surface area contributed by atoms with Crippen LogP contribution in [0.25, 0.3) is 11.2 Å². The van der Waals surface area contributed by atoms with Gasteiger partial charge in [-0.15, -0.1) is 0 Å². The van der Waals surface area contributed by atoms with Gasteiger partial charge in [-0.25, -0.2) is 15.0 Å². The Kier molecular flexibility index (Phi) is 4.09. The van der Waals surface area contributed by atoms with Crippen molar-refractivity contribution in [2.75, 3.05) is 11.9 Å². The lowest BCUT2D eigenvalue weighted by atomic mass is 10.1. The second-order valence-corrected chi connectivity index (χ2v) is 6.40. The number of rotatable bonds is 4. The first-order valence-electron chi connectivity index (χ1n) is 8.25. The van der Waals surface area contributed by atoms with Crippen LogP contribution in [0.2, 0.25) is 0 Å². The van der Waals surface area contributed by atoms with Gasteiger partial charge in [-0.3, -0.25) is 4.57 Å². The Hall–Kier alpha value is -1.81. The number of hydrogen-bond donors (Lipinski definition) is 4. The number of aliphatic hydroxyl groups is 3. The lowest BCUT2D eigenvalue weighted by molar-refractivity contribution is -0.0511. The first-order chi connectivity index (χ1) is 11.7. The molecule has 3 heterocycles. The van der Waals surface area contributed by atoms with Crippen LogP contribution in [0.1, 0.15) is 31.9 Å². The highest BCUT2D eigenvalue weighted by Crippen LogP contribution is 2.32. The van der Waals surface area contributed by atoms with Crippen molar-refractivity contribution in [3.63, 3.8) is 0 Å². The smallest absolute Gasteiger partial charge is 0.167 e. The summed E-state index contributed by atoms with van der Waals surface area (Å²) in [5.74, 6) is 0.664. The summed E-state index contributed by atoms with van der Waals surface area (Å²) in [4.78, 5) is 12.9. The molecule has 9 heteroatoms. The van der Waals surface area contributed by atoms with E-state index in [1.165, 1.54) is 25.5 Å². The molecule has 0 radical (unpaired) electrons. The van der Waals surface area contributed by atoms with Gasteiger partial charge in [0.25, 0.3) is 0 Å². The van der Waals surface area contributed by atoms with Gasteiger partial charge in [0.2, 0.25) is 0 Å². The van der Waals surface area contributed by atoms with Crippen molar-refractivity contribution in [1.29, 1.82) is 0 Å². The van der Waals surface area contributed by atoms with Gasteiger partial charge < -0.3 is 25.4 Å². The van der Waals surface area contributed by atoms with Crippen LogP contribution in [-0.2, 0) is 4.74 Å². The van der Waals surface area contributed by atoms with Crippen molar-refractivity contribution in [3.05, 3.63) is 12.7 Å². The van der Waals surface area contributed by atoms with E-state index < -0.39 is 24.5 Å². The van der Waals surface area contributed by atoms with Gasteiger partial charge in [0.05, 0.1) is 12.9 Å². The van der Waals surface area contributed by atoms with E-state index in [-0.39, 0.29) is 6.61 Å². The van der Waals surface area contributed by atoms with E-state index >= 15 is 0 Å². The van der Waals surface area contributed by atoms with Gasteiger partial charge in [0, 0.05) is 6.04 Å². The summed E-state index contributed by atoms with van der Waals surface area (Å²) in [5, 5.41) is 32.8. The van der Waals surface area contributed by atoms with Crippen LogP contribution in [0.15, 0.2) is 12.7 Å². The molecule has 2 fully saturated rings. The number of aliphatic hydroxyl groups excluding tert-OH is 3. The minimum absolute atomic E-state index is 0.370. The van der Waals surface area contributed by atoms with Crippen LogP contribution >= 0.6 is 0 Å². The average molecular weight is 335 g/mol. The Balaban J connectivity index is 1.65. The van der Waals surface area contributed by atoms with E-state index in [1.54, 1.807) is 4.57 Å². The molecule has 1 aliphatic carbocycles. The highest BCUT2D eigenvalue weighted by Gasteiger charge is 2.44. The third kappa shape index (κ3) is 2.53. The maximum Gasteiger partial charge on any atom is 0.167 e. The van der Waals surface area contributed by atoms with Gasteiger partial charge in [-0.05, 0) is 12.8 Å². The summed E-state index contributed by atoms with van der Waals surface area (Å²) in [6, 6.07) is 0.391. The van der Waals surface area contributed by atoms with E-state index in [0.29, 0.717) is 23.0 Å². The number of aromatic nitrogens is 4.